The Kier molecular flexibility index (Phi) is 3.21. The third kappa shape index (κ3) is 2.40. The molecule has 86 valence electrons. The average molecular weight is 238 g/mol. The summed E-state index contributed by atoms with van der Waals surface area (Å²) in [5.41, 5.74) is 6.61. The molecule has 0 aliphatic heterocycles. The first-order valence-electron chi connectivity index (χ1n) is 4.97. The van der Waals surface area contributed by atoms with Crippen LogP contribution in [-0.2, 0) is 6.42 Å². The van der Waals surface area contributed by atoms with Gasteiger partial charge in [0.05, 0.1) is 10.6 Å². The summed E-state index contributed by atoms with van der Waals surface area (Å²) in [4.78, 5) is 6.39. The Morgan fingerprint density at radius 2 is 2.31 bits per heavy atom. The van der Waals surface area contributed by atoms with Gasteiger partial charge >= 0.3 is 0 Å². The summed E-state index contributed by atoms with van der Waals surface area (Å²) < 4.78 is 5.17. The molecule has 2 N–H and O–H groups in total. The molecule has 0 radical (unpaired) electrons. The van der Waals surface area contributed by atoms with E-state index in [-0.39, 0.29) is 0 Å². The van der Waals surface area contributed by atoms with E-state index in [2.05, 4.69) is 15.0 Å². The largest absolute Gasteiger partial charge is 0.390 e. The summed E-state index contributed by atoms with van der Waals surface area (Å²) in [6.07, 6.45) is 0.778. The molecule has 5 nitrogen and oxygen atoms in total. The molecule has 2 rings (SSSR count). The molecule has 0 saturated heterocycles. The van der Waals surface area contributed by atoms with Gasteiger partial charge < -0.3 is 15.2 Å². The van der Waals surface area contributed by atoms with Crippen molar-refractivity contribution in [2.45, 2.75) is 6.42 Å². The number of likely N-dealkylation sites (N-methyl/N-ethyl adjacent to an activating group) is 1. The number of rotatable bonds is 4. The molecule has 0 fully saturated rings. The quantitative estimate of drug-likeness (QED) is 0.874. The summed E-state index contributed by atoms with van der Waals surface area (Å²) >= 11 is 1.47. The molecule has 0 atom stereocenters. The van der Waals surface area contributed by atoms with E-state index in [1.54, 1.807) is 0 Å². The van der Waals surface area contributed by atoms with Gasteiger partial charge in [0.25, 0.3) is 5.89 Å². The predicted octanol–water partition coefficient (Wildman–Crippen LogP) is 1.48. The van der Waals surface area contributed by atoms with E-state index < -0.39 is 0 Å². The van der Waals surface area contributed by atoms with Crippen molar-refractivity contribution in [1.82, 2.24) is 15.0 Å². The number of hydrogen-bond acceptors (Lipinski definition) is 6. The van der Waals surface area contributed by atoms with Gasteiger partial charge in [-0.15, -0.1) is 11.3 Å². The second-order valence-corrected chi connectivity index (χ2v) is 4.72. The summed E-state index contributed by atoms with van der Waals surface area (Å²) in [5, 5.41) is 6.54. The number of nitrogens with two attached hydrogens (primary N) is 1. The van der Waals surface area contributed by atoms with Crippen molar-refractivity contribution in [2.75, 3.05) is 26.4 Å². The molecule has 0 aromatic carbocycles. The molecule has 0 aliphatic rings. The Balaban J connectivity index is 2.11. The number of anilines is 1. The van der Waals surface area contributed by atoms with Gasteiger partial charge in [-0.05, 0) is 25.5 Å². The minimum absolute atomic E-state index is 0.507. The molecular formula is C10H14N4OS. The summed E-state index contributed by atoms with van der Waals surface area (Å²) in [5.74, 6) is 1.22. The van der Waals surface area contributed by atoms with Crippen molar-refractivity contribution < 1.29 is 4.52 Å². The van der Waals surface area contributed by atoms with Gasteiger partial charge in [-0.3, -0.25) is 0 Å². The lowest BCUT2D eigenvalue weighted by atomic mass is 10.3. The van der Waals surface area contributed by atoms with Crippen LogP contribution in [0.5, 0.6) is 0 Å². The van der Waals surface area contributed by atoms with Crippen LogP contribution in [0.1, 0.15) is 5.82 Å². The second-order valence-electron chi connectivity index (χ2n) is 3.77. The first-order chi connectivity index (χ1) is 7.66. The van der Waals surface area contributed by atoms with Crippen molar-refractivity contribution in [3.8, 4) is 11.5 Å². The lowest BCUT2D eigenvalue weighted by Gasteiger charge is -2.05. The molecule has 16 heavy (non-hydrogen) atoms. The highest BCUT2D eigenvalue weighted by Crippen LogP contribution is 2.28. The molecule has 0 unspecified atom stereocenters. The van der Waals surface area contributed by atoms with Gasteiger partial charge in [0, 0.05) is 13.0 Å². The van der Waals surface area contributed by atoms with Gasteiger partial charge in [0.15, 0.2) is 5.82 Å². The molecular weight excluding hydrogens is 224 g/mol. The molecule has 0 saturated carbocycles. The molecule has 0 bridgehead atoms. The molecule has 0 spiro atoms. The highest BCUT2D eigenvalue weighted by Gasteiger charge is 2.12. The lowest BCUT2D eigenvalue weighted by Crippen LogP contribution is -2.15. The predicted molar refractivity (Wildman–Crippen MR) is 64.3 cm³/mol. The van der Waals surface area contributed by atoms with Crippen LogP contribution < -0.4 is 5.73 Å². The van der Waals surface area contributed by atoms with Gasteiger partial charge in [0.2, 0.25) is 0 Å². The van der Waals surface area contributed by atoms with Gasteiger partial charge in [-0.2, -0.15) is 4.98 Å². The third-order valence-electron chi connectivity index (χ3n) is 2.18. The fourth-order valence-corrected chi connectivity index (χ4v) is 1.92. The zero-order chi connectivity index (χ0) is 11.5. The van der Waals surface area contributed by atoms with Crippen LogP contribution in [0.2, 0.25) is 0 Å². The second kappa shape index (κ2) is 4.63. The number of hydrogen-bond donors (Lipinski definition) is 1. The Hall–Kier alpha value is -1.40. The minimum atomic E-state index is 0.507. The first kappa shape index (κ1) is 11.1. The normalized spacial score (nSPS) is 11.2. The molecule has 6 heteroatoms. The van der Waals surface area contributed by atoms with E-state index in [0.29, 0.717) is 16.7 Å². The van der Waals surface area contributed by atoms with Gasteiger partial charge in [0.1, 0.15) is 0 Å². The zero-order valence-corrected chi connectivity index (χ0v) is 10.1. The Bertz CT molecular complexity index is 463. The highest BCUT2D eigenvalue weighted by atomic mass is 32.1. The maximum atomic E-state index is 5.79. The van der Waals surface area contributed by atoms with E-state index in [4.69, 9.17) is 10.3 Å². The van der Waals surface area contributed by atoms with E-state index >= 15 is 0 Å². The average Bonchev–Trinajstić information content (AvgIpc) is 2.83. The van der Waals surface area contributed by atoms with Crippen LogP contribution in [0.4, 0.5) is 5.00 Å². The van der Waals surface area contributed by atoms with Crippen LogP contribution in [0.15, 0.2) is 16.0 Å². The van der Waals surface area contributed by atoms with Crippen molar-refractivity contribution in [3.05, 3.63) is 17.3 Å². The monoisotopic (exact) mass is 238 g/mol. The Morgan fingerprint density at radius 1 is 1.50 bits per heavy atom. The van der Waals surface area contributed by atoms with Crippen molar-refractivity contribution >= 4 is 16.3 Å². The van der Waals surface area contributed by atoms with Crippen molar-refractivity contribution in [2.24, 2.45) is 0 Å². The van der Waals surface area contributed by atoms with Crippen LogP contribution in [0, 0.1) is 0 Å². The SMILES string of the molecule is CN(C)CCc1noc(-c2ccsc2N)n1. The maximum Gasteiger partial charge on any atom is 0.260 e. The van der Waals surface area contributed by atoms with Crippen molar-refractivity contribution in [3.63, 3.8) is 0 Å². The Morgan fingerprint density at radius 3 is 2.94 bits per heavy atom. The molecule has 0 amide bonds. The van der Waals surface area contributed by atoms with Crippen molar-refractivity contribution in [1.29, 1.82) is 0 Å². The fourth-order valence-electron chi connectivity index (χ4n) is 1.29. The standard InChI is InChI=1S/C10H14N4OS/c1-14(2)5-3-8-12-10(15-13-8)7-4-6-16-9(7)11/h4,6H,3,5,11H2,1-2H3. The number of thiophene rings is 1. The van der Waals surface area contributed by atoms with Crippen LogP contribution in [0.25, 0.3) is 11.5 Å². The zero-order valence-electron chi connectivity index (χ0n) is 9.30. The lowest BCUT2D eigenvalue weighted by molar-refractivity contribution is 0.392. The summed E-state index contributed by atoms with van der Waals surface area (Å²) in [6, 6.07) is 1.89. The third-order valence-corrected chi connectivity index (χ3v) is 2.92. The van der Waals surface area contributed by atoms with E-state index in [9.17, 15) is 0 Å². The van der Waals surface area contributed by atoms with E-state index in [1.807, 2.05) is 25.5 Å². The minimum Gasteiger partial charge on any atom is -0.390 e. The van der Waals surface area contributed by atoms with E-state index in [1.165, 1.54) is 11.3 Å². The smallest absolute Gasteiger partial charge is 0.260 e. The molecule has 0 aliphatic carbocycles. The molecule has 2 heterocycles. The summed E-state index contributed by atoms with van der Waals surface area (Å²) in [6.45, 7) is 0.901. The topological polar surface area (TPSA) is 68.2 Å². The van der Waals surface area contributed by atoms with Gasteiger partial charge in [-0.25, -0.2) is 0 Å². The molecule has 2 aromatic heterocycles. The van der Waals surface area contributed by atoms with E-state index in [0.717, 1.165) is 18.5 Å². The highest BCUT2D eigenvalue weighted by molar-refractivity contribution is 7.14. The summed E-state index contributed by atoms with van der Waals surface area (Å²) in [7, 11) is 4.02. The van der Waals surface area contributed by atoms with Crippen LogP contribution >= 0.6 is 11.3 Å². The van der Waals surface area contributed by atoms with Crippen LogP contribution in [0.3, 0.4) is 0 Å². The molecule has 2 aromatic rings. The Labute approximate surface area is 97.9 Å². The fraction of sp³-hybridized carbons (Fsp3) is 0.400. The number of aromatic nitrogens is 2. The first-order valence-corrected chi connectivity index (χ1v) is 5.85. The van der Waals surface area contributed by atoms with Crippen LogP contribution in [-0.4, -0.2) is 35.7 Å². The number of nitrogens with zero attached hydrogens (tertiary/aromatic N) is 3. The maximum absolute atomic E-state index is 5.79. The number of nitrogen functional groups attached to an aromatic ring is 1. The van der Waals surface area contributed by atoms with Gasteiger partial charge in [-0.1, -0.05) is 5.16 Å².